The highest BCUT2D eigenvalue weighted by Crippen LogP contribution is 2.11. The van der Waals surface area contributed by atoms with E-state index in [1.165, 1.54) is 0 Å². The smallest absolute Gasteiger partial charge is 0.00778 e. The fourth-order valence-electron chi connectivity index (χ4n) is 0.875. The van der Waals surface area contributed by atoms with Crippen molar-refractivity contribution in [2.24, 2.45) is 11.5 Å². The average molecular weight is 112 g/mol. The Hall–Kier alpha value is -0.500. The molecule has 0 saturated carbocycles. The van der Waals surface area contributed by atoms with Crippen molar-refractivity contribution in [3.05, 3.63) is 11.8 Å². The Balaban J connectivity index is 2.42. The quantitative estimate of drug-likeness (QED) is 0.474. The summed E-state index contributed by atoms with van der Waals surface area (Å²) in [6.45, 7) is 0. The van der Waals surface area contributed by atoms with Crippen molar-refractivity contribution in [3.63, 3.8) is 0 Å². The van der Waals surface area contributed by atoms with Crippen LogP contribution in [0.3, 0.4) is 0 Å². The zero-order valence-electron chi connectivity index (χ0n) is 4.93. The molecule has 1 aliphatic carbocycles. The average Bonchev–Trinajstić information content (AvgIpc) is 1.77. The molecule has 0 aromatic carbocycles. The topological polar surface area (TPSA) is 52.0 Å². The van der Waals surface area contributed by atoms with E-state index in [1.807, 2.05) is 6.08 Å². The van der Waals surface area contributed by atoms with Crippen LogP contribution >= 0.6 is 0 Å². The van der Waals surface area contributed by atoms with E-state index in [2.05, 4.69) is 0 Å². The third-order valence-electron chi connectivity index (χ3n) is 1.49. The van der Waals surface area contributed by atoms with Gasteiger partial charge in [0.15, 0.2) is 0 Å². The van der Waals surface area contributed by atoms with Crippen LogP contribution in [0.15, 0.2) is 11.8 Å². The molecule has 0 aliphatic heterocycles. The molecule has 4 N–H and O–H groups in total. The summed E-state index contributed by atoms with van der Waals surface area (Å²) in [5.41, 5.74) is 12.1. The van der Waals surface area contributed by atoms with Gasteiger partial charge < -0.3 is 11.5 Å². The van der Waals surface area contributed by atoms with Crippen LogP contribution in [0.25, 0.3) is 0 Å². The first-order chi connectivity index (χ1) is 3.79. The van der Waals surface area contributed by atoms with Crippen LogP contribution in [0.2, 0.25) is 0 Å². The maximum Gasteiger partial charge on any atom is 0.00778 e. The van der Waals surface area contributed by atoms with Gasteiger partial charge in [-0.05, 0) is 19.3 Å². The predicted octanol–water partition coefficient (Wildman–Crippen LogP) is 0.340. The number of allylic oxidation sites excluding steroid dienone is 1. The second-order valence-corrected chi connectivity index (χ2v) is 2.31. The minimum atomic E-state index is 0.363. The van der Waals surface area contributed by atoms with E-state index in [4.69, 9.17) is 11.5 Å². The van der Waals surface area contributed by atoms with Crippen LogP contribution in [-0.4, -0.2) is 6.04 Å². The van der Waals surface area contributed by atoms with E-state index in [0.29, 0.717) is 6.04 Å². The normalized spacial score (nSPS) is 29.6. The van der Waals surface area contributed by atoms with Crippen molar-refractivity contribution in [2.75, 3.05) is 0 Å². The third kappa shape index (κ3) is 1.23. The Morgan fingerprint density at radius 1 is 1.62 bits per heavy atom. The molecule has 0 spiro atoms. The summed E-state index contributed by atoms with van der Waals surface area (Å²) >= 11 is 0. The van der Waals surface area contributed by atoms with Gasteiger partial charge >= 0.3 is 0 Å². The van der Waals surface area contributed by atoms with Crippen molar-refractivity contribution >= 4 is 0 Å². The first kappa shape index (κ1) is 5.63. The van der Waals surface area contributed by atoms with Gasteiger partial charge in [-0.15, -0.1) is 0 Å². The van der Waals surface area contributed by atoms with Gasteiger partial charge in [0, 0.05) is 11.7 Å². The van der Waals surface area contributed by atoms with Crippen molar-refractivity contribution in [2.45, 2.75) is 25.3 Å². The van der Waals surface area contributed by atoms with Gasteiger partial charge in [0.2, 0.25) is 0 Å². The Labute approximate surface area is 49.5 Å². The molecule has 8 heavy (non-hydrogen) atoms. The lowest BCUT2D eigenvalue weighted by atomic mass is 10.0. The molecule has 2 heteroatoms. The first-order valence-electron chi connectivity index (χ1n) is 2.99. The Bertz CT molecular complexity index is 107. The second-order valence-electron chi connectivity index (χ2n) is 2.31. The molecule has 2 nitrogen and oxygen atoms in total. The lowest BCUT2D eigenvalue weighted by Gasteiger charge is -2.14. The summed E-state index contributed by atoms with van der Waals surface area (Å²) in [5, 5.41) is 0. The van der Waals surface area contributed by atoms with Gasteiger partial charge in [-0.25, -0.2) is 0 Å². The predicted molar refractivity (Wildman–Crippen MR) is 34.1 cm³/mol. The summed E-state index contributed by atoms with van der Waals surface area (Å²) < 4.78 is 0. The van der Waals surface area contributed by atoms with Crippen molar-refractivity contribution in [1.82, 2.24) is 0 Å². The molecule has 0 aromatic rings. The highest BCUT2D eigenvalue weighted by atomic mass is 14.7. The largest absolute Gasteiger partial charge is 0.402 e. The zero-order valence-corrected chi connectivity index (χ0v) is 4.93. The second kappa shape index (κ2) is 2.18. The molecular formula is C6H12N2. The maximum absolute atomic E-state index is 5.60. The van der Waals surface area contributed by atoms with E-state index in [-0.39, 0.29) is 0 Å². The molecule has 46 valence electrons. The highest BCUT2D eigenvalue weighted by Gasteiger charge is 2.06. The van der Waals surface area contributed by atoms with E-state index < -0.39 is 0 Å². The van der Waals surface area contributed by atoms with E-state index >= 15 is 0 Å². The summed E-state index contributed by atoms with van der Waals surface area (Å²) in [6.07, 6.45) is 5.03. The molecule has 0 fully saturated rings. The van der Waals surface area contributed by atoms with Gasteiger partial charge in [-0.1, -0.05) is 6.08 Å². The SMILES string of the molecule is NC1=CC[C@H](N)CC1. The van der Waals surface area contributed by atoms with Gasteiger partial charge in [-0.3, -0.25) is 0 Å². The monoisotopic (exact) mass is 112 g/mol. The van der Waals surface area contributed by atoms with Crippen LogP contribution in [0.4, 0.5) is 0 Å². The van der Waals surface area contributed by atoms with Gasteiger partial charge in [0.25, 0.3) is 0 Å². The highest BCUT2D eigenvalue weighted by molar-refractivity contribution is 5.02. The molecule has 1 atom stereocenters. The fraction of sp³-hybridized carbons (Fsp3) is 0.667. The number of nitrogens with two attached hydrogens (primary N) is 2. The van der Waals surface area contributed by atoms with E-state index in [9.17, 15) is 0 Å². The van der Waals surface area contributed by atoms with Crippen molar-refractivity contribution < 1.29 is 0 Å². The standard InChI is InChI=1S/C6H12N2/c7-5-1-2-6(8)4-3-5/h1,6H,2-4,7-8H2/t6-/m0/s1. The molecule has 0 heterocycles. The Morgan fingerprint density at radius 3 is 2.75 bits per heavy atom. The first-order valence-corrected chi connectivity index (χ1v) is 2.99. The van der Waals surface area contributed by atoms with Crippen molar-refractivity contribution in [3.8, 4) is 0 Å². The molecule has 0 radical (unpaired) electrons. The number of hydrogen-bond acceptors (Lipinski definition) is 2. The van der Waals surface area contributed by atoms with Crippen LogP contribution in [-0.2, 0) is 0 Å². The van der Waals surface area contributed by atoms with Crippen LogP contribution < -0.4 is 11.5 Å². The molecule has 0 unspecified atom stereocenters. The molecular weight excluding hydrogens is 100 g/mol. The molecule has 1 rings (SSSR count). The molecule has 0 saturated heterocycles. The summed E-state index contributed by atoms with van der Waals surface area (Å²) in [4.78, 5) is 0. The Kier molecular flexibility index (Phi) is 1.53. The van der Waals surface area contributed by atoms with Gasteiger partial charge in [0.1, 0.15) is 0 Å². The lowest BCUT2D eigenvalue weighted by molar-refractivity contribution is 0.587. The Morgan fingerprint density at radius 2 is 2.38 bits per heavy atom. The van der Waals surface area contributed by atoms with Gasteiger partial charge in [-0.2, -0.15) is 0 Å². The minimum Gasteiger partial charge on any atom is -0.402 e. The zero-order chi connectivity index (χ0) is 5.98. The minimum absolute atomic E-state index is 0.363. The lowest BCUT2D eigenvalue weighted by Crippen LogP contribution is -2.23. The maximum atomic E-state index is 5.60. The third-order valence-corrected chi connectivity index (χ3v) is 1.49. The number of hydrogen-bond donors (Lipinski definition) is 2. The molecule has 0 aromatic heterocycles. The van der Waals surface area contributed by atoms with Crippen LogP contribution in [0, 0.1) is 0 Å². The van der Waals surface area contributed by atoms with E-state index in [0.717, 1.165) is 25.0 Å². The molecule has 0 amide bonds. The fourth-order valence-corrected chi connectivity index (χ4v) is 0.875. The summed E-state index contributed by atoms with van der Waals surface area (Å²) in [5.74, 6) is 0. The summed E-state index contributed by atoms with van der Waals surface area (Å²) in [6, 6.07) is 0.363. The van der Waals surface area contributed by atoms with Crippen molar-refractivity contribution in [1.29, 1.82) is 0 Å². The van der Waals surface area contributed by atoms with E-state index in [1.54, 1.807) is 0 Å². The summed E-state index contributed by atoms with van der Waals surface area (Å²) in [7, 11) is 0. The molecule has 1 aliphatic rings. The number of rotatable bonds is 0. The molecule has 0 bridgehead atoms. The van der Waals surface area contributed by atoms with Crippen LogP contribution in [0.1, 0.15) is 19.3 Å². The van der Waals surface area contributed by atoms with Crippen LogP contribution in [0.5, 0.6) is 0 Å². The van der Waals surface area contributed by atoms with Gasteiger partial charge in [0.05, 0.1) is 0 Å².